The van der Waals surface area contributed by atoms with Gasteiger partial charge in [0.1, 0.15) is 0 Å². The van der Waals surface area contributed by atoms with E-state index in [9.17, 15) is 14.4 Å². The molecule has 122 valence electrons. The first-order chi connectivity index (χ1) is 11.6. The predicted molar refractivity (Wildman–Crippen MR) is 90.9 cm³/mol. The molecule has 1 aliphatic heterocycles. The highest BCUT2D eigenvalue weighted by Gasteiger charge is 2.30. The van der Waals surface area contributed by atoms with Crippen LogP contribution in [0.5, 0.6) is 0 Å². The zero-order valence-electron chi connectivity index (χ0n) is 13.1. The molecule has 3 N–H and O–H groups in total. The van der Waals surface area contributed by atoms with Crippen molar-refractivity contribution >= 4 is 29.1 Å². The maximum Gasteiger partial charge on any atom is 0.251 e. The topological polar surface area (TPSA) is 87.3 Å². The first kappa shape index (κ1) is 15.7. The zero-order valence-corrected chi connectivity index (χ0v) is 13.1. The van der Waals surface area contributed by atoms with Gasteiger partial charge < -0.3 is 16.0 Å². The van der Waals surface area contributed by atoms with Gasteiger partial charge in [-0.05, 0) is 35.9 Å². The van der Waals surface area contributed by atoms with E-state index >= 15 is 0 Å². The summed E-state index contributed by atoms with van der Waals surface area (Å²) in [5.74, 6) is -1.15. The third-order valence-electron chi connectivity index (χ3n) is 3.96. The predicted octanol–water partition coefficient (Wildman–Crippen LogP) is 2.11. The summed E-state index contributed by atoms with van der Waals surface area (Å²) in [7, 11) is 1.56. The van der Waals surface area contributed by atoms with Crippen molar-refractivity contribution in [2.45, 2.75) is 12.3 Å². The largest absolute Gasteiger partial charge is 0.355 e. The van der Waals surface area contributed by atoms with Gasteiger partial charge in [0.05, 0.1) is 5.92 Å². The van der Waals surface area contributed by atoms with E-state index in [1.165, 1.54) is 0 Å². The fourth-order valence-electron chi connectivity index (χ4n) is 2.72. The maximum absolute atomic E-state index is 12.6. The van der Waals surface area contributed by atoms with Crippen molar-refractivity contribution in [1.82, 2.24) is 5.32 Å². The number of hydrogen-bond donors (Lipinski definition) is 3. The number of hydrogen-bond acceptors (Lipinski definition) is 3. The summed E-state index contributed by atoms with van der Waals surface area (Å²) < 4.78 is 0. The van der Waals surface area contributed by atoms with Crippen LogP contribution in [0.2, 0.25) is 0 Å². The molecule has 3 rings (SSSR count). The van der Waals surface area contributed by atoms with Gasteiger partial charge in [0.25, 0.3) is 5.91 Å². The summed E-state index contributed by atoms with van der Waals surface area (Å²) in [6.07, 6.45) is 0.110. The molecule has 0 saturated heterocycles. The van der Waals surface area contributed by atoms with Gasteiger partial charge >= 0.3 is 0 Å². The minimum absolute atomic E-state index is 0.110. The molecule has 0 radical (unpaired) electrons. The van der Waals surface area contributed by atoms with Crippen LogP contribution in [0.3, 0.4) is 0 Å². The number of rotatable bonds is 3. The third kappa shape index (κ3) is 3.12. The Morgan fingerprint density at radius 3 is 2.50 bits per heavy atom. The molecule has 0 bridgehead atoms. The van der Waals surface area contributed by atoms with E-state index in [2.05, 4.69) is 16.0 Å². The van der Waals surface area contributed by atoms with E-state index in [4.69, 9.17) is 0 Å². The van der Waals surface area contributed by atoms with E-state index in [1.807, 2.05) is 18.2 Å². The van der Waals surface area contributed by atoms with Crippen LogP contribution in [0.15, 0.2) is 48.5 Å². The molecule has 3 amide bonds. The van der Waals surface area contributed by atoms with Gasteiger partial charge in [-0.25, -0.2) is 0 Å². The van der Waals surface area contributed by atoms with Crippen LogP contribution in [0.4, 0.5) is 11.4 Å². The Labute approximate surface area is 139 Å². The van der Waals surface area contributed by atoms with E-state index < -0.39 is 5.92 Å². The van der Waals surface area contributed by atoms with Crippen LogP contribution in [0, 0.1) is 0 Å². The molecule has 1 aliphatic rings. The summed E-state index contributed by atoms with van der Waals surface area (Å²) in [6, 6.07) is 13.9. The summed E-state index contributed by atoms with van der Waals surface area (Å²) in [4.78, 5) is 35.9. The monoisotopic (exact) mass is 323 g/mol. The Bertz CT molecular complexity index is 799. The van der Waals surface area contributed by atoms with Crippen LogP contribution in [-0.4, -0.2) is 24.8 Å². The van der Waals surface area contributed by atoms with Crippen LogP contribution in [0.25, 0.3) is 0 Å². The number of carbonyl (C=O) groups is 3. The van der Waals surface area contributed by atoms with Gasteiger partial charge in [0, 0.05) is 30.4 Å². The maximum atomic E-state index is 12.6. The molecular formula is C18H17N3O3. The van der Waals surface area contributed by atoms with Crippen molar-refractivity contribution in [2.75, 3.05) is 17.7 Å². The highest BCUT2D eigenvalue weighted by molar-refractivity contribution is 6.05. The lowest BCUT2D eigenvalue weighted by atomic mass is 9.90. The van der Waals surface area contributed by atoms with E-state index in [0.717, 1.165) is 5.56 Å². The second-order valence-corrected chi connectivity index (χ2v) is 5.54. The summed E-state index contributed by atoms with van der Waals surface area (Å²) in [6.45, 7) is 0. The Morgan fingerprint density at radius 2 is 1.79 bits per heavy atom. The average molecular weight is 323 g/mol. The molecule has 1 atom stereocenters. The number of nitrogens with one attached hydrogen (secondary N) is 3. The minimum atomic E-state index is -0.534. The SMILES string of the molecule is CNC(=O)c1ccc(NC(=O)[C@H]2CC(=O)Nc3ccccc32)cc1. The van der Waals surface area contributed by atoms with Gasteiger partial charge in [0.2, 0.25) is 11.8 Å². The van der Waals surface area contributed by atoms with Crippen LogP contribution >= 0.6 is 0 Å². The minimum Gasteiger partial charge on any atom is -0.355 e. The van der Waals surface area contributed by atoms with Crippen molar-refractivity contribution in [1.29, 1.82) is 0 Å². The lowest BCUT2D eigenvalue weighted by Gasteiger charge is -2.24. The van der Waals surface area contributed by atoms with Crippen molar-refractivity contribution in [2.24, 2.45) is 0 Å². The lowest BCUT2D eigenvalue weighted by Crippen LogP contribution is -2.30. The van der Waals surface area contributed by atoms with Crippen LogP contribution in [-0.2, 0) is 9.59 Å². The Kier molecular flexibility index (Phi) is 4.29. The second kappa shape index (κ2) is 6.54. The molecule has 0 unspecified atom stereocenters. The molecule has 2 aromatic carbocycles. The van der Waals surface area contributed by atoms with E-state index in [0.29, 0.717) is 16.9 Å². The van der Waals surface area contributed by atoms with Gasteiger partial charge in [0.15, 0.2) is 0 Å². The lowest BCUT2D eigenvalue weighted by molar-refractivity contribution is -0.123. The van der Waals surface area contributed by atoms with Crippen molar-refractivity contribution in [3.05, 3.63) is 59.7 Å². The molecule has 6 nitrogen and oxygen atoms in total. The molecular weight excluding hydrogens is 306 g/mol. The normalized spacial score (nSPS) is 15.9. The average Bonchev–Trinajstić information content (AvgIpc) is 2.60. The van der Waals surface area contributed by atoms with Crippen LogP contribution < -0.4 is 16.0 Å². The summed E-state index contributed by atoms with van der Waals surface area (Å²) >= 11 is 0. The smallest absolute Gasteiger partial charge is 0.251 e. The quantitative estimate of drug-likeness (QED) is 0.808. The molecule has 6 heteroatoms. The van der Waals surface area contributed by atoms with Crippen molar-refractivity contribution in [3.8, 4) is 0 Å². The molecule has 2 aromatic rings. The molecule has 0 aromatic heterocycles. The Morgan fingerprint density at radius 1 is 1.08 bits per heavy atom. The summed E-state index contributed by atoms with van der Waals surface area (Å²) in [5, 5.41) is 8.12. The molecule has 0 fully saturated rings. The molecule has 1 heterocycles. The molecule has 0 spiro atoms. The first-order valence-electron chi connectivity index (χ1n) is 7.60. The number of para-hydroxylation sites is 1. The number of benzene rings is 2. The highest BCUT2D eigenvalue weighted by Crippen LogP contribution is 2.32. The van der Waals surface area contributed by atoms with Gasteiger partial charge in [-0.3, -0.25) is 14.4 Å². The Balaban J connectivity index is 1.78. The van der Waals surface area contributed by atoms with Gasteiger partial charge in [-0.15, -0.1) is 0 Å². The molecule has 0 saturated carbocycles. The standard InChI is InChI=1S/C18H17N3O3/c1-19-17(23)11-6-8-12(9-7-11)20-18(24)14-10-16(22)21-15-5-3-2-4-13(14)15/h2-9,14H,10H2,1H3,(H,19,23)(H,20,24)(H,21,22)/t14-/m0/s1. The third-order valence-corrected chi connectivity index (χ3v) is 3.96. The van der Waals surface area contributed by atoms with Crippen LogP contribution in [0.1, 0.15) is 28.3 Å². The first-order valence-corrected chi connectivity index (χ1v) is 7.60. The van der Waals surface area contributed by atoms with Gasteiger partial charge in [-0.1, -0.05) is 18.2 Å². The van der Waals surface area contributed by atoms with E-state index in [-0.39, 0.29) is 24.1 Å². The number of carbonyl (C=O) groups excluding carboxylic acids is 3. The summed E-state index contributed by atoms with van der Waals surface area (Å²) in [5.41, 5.74) is 2.56. The van der Waals surface area contributed by atoms with Gasteiger partial charge in [-0.2, -0.15) is 0 Å². The van der Waals surface area contributed by atoms with E-state index in [1.54, 1.807) is 37.4 Å². The number of fused-ring (bicyclic) bond motifs is 1. The number of amides is 3. The Hall–Kier alpha value is -3.15. The van der Waals surface area contributed by atoms with Crippen molar-refractivity contribution in [3.63, 3.8) is 0 Å². The van der Waals surface area contributed by atoms with Crippen molar-refractivity contribution < 1.29 is 14.4 Å². The fraction of sp³-hybridized carbons (Fsp3) is 0.167. The molecule has 0 aliphatic carbocycles. The molecule has 24 heavy (non-hydrogen) atoms. The number of anilines is 2. The highest BCUT2D eigenvalue weighted by atomic mass is 16.2. The zero-order chi connectivity index (χ0) is 17.1. The second-order valence-electron chi connectivity index (χ2n) is 5.54. The fourth-order valence-corrected chi connectivity index (χ4v) is 2.72.